The van der Waals surface area contributed by atoms with Crippen LogP contribution in [-0.4, -0.2) is 28.8 Å². The summed E-state index contributed by atoms with van der Waals surface area (Å²) >= 11 is 1.63. The number of aromatic nitrogens is 1. The van der Waals surface area contributed by atoms with Crippen molar-refractivity contribution in [1.29, 1.82) is 0 Å². The first-order valence-corrected chi connectivity index (χ1v) is 9.00. The molecule has 1 saturated heterocycles. The molecule has 0 aliphatic carbocycles. The van der Waals surface area contributed by atoms with Crippen LogP contribution in [0.25, 0.3) is 0 Å². The maximum absolute atomic E-state index is 12.9. The molecule has 1 aromatic heterocycles. The molecule has 1 aromatic carbocycles. The molecule has 0 bridgehead atoms. The van der Waals surface area contributed by atoms with E-state index >= 15 is 0 Å². The largest absolute Gasteiger partial charge is 0.416 e. The van der Waals surface area contributed by atoms with Crippen molar-refractivity contribution in [1.82, 2.24) is 9.88 Å². The first-order chi connectivity index (χ1) is 11.8. The Bertz CT molecular complexity index is 757. The first kappa shape index (κ1) is 18.1. The van der Waals surface area contributed by atoms with Gasteiger partial charge in [-0.25, -0.2) is 4.98 Å². The molecule has 0 amide bonds. The van der Waals surface area contributed by atoms with E-state index in [-0.39, 0.29) is 17.3 Å². The number of carbonyl (C=O) groups excluding carboxylic acids is 1. The number of ketones is 1. The second-order valence-electron chi connectivity index (χ2n) is 6.36. The average Bonchev–Trinajstić information content (AvgIpc) is 2.98. The van der Waals surface area contributed by atoms with Crippen LogP contribution >= 0.6 is 11.3 Å². The van der Waals surface area contributed by atoms with Gasteiger partial charge in [0.1, 0.15) is 0 Å². The number of nitrogens with zero attached hydrogens (tertiary/aromatic N) is 2. The van der Waals surface area contributed by atoms with Gasteiger partial charge in [-0.15, -0.1) is 11.3 Å². The van der Waals surface area contributed by atoms with Crippen LogP contribution in [0, 0.1) is 12.8 Å². The van der Waals surface area contributed by atoms with E-state index in [0.717, 1.165) is 41.5 Å². The Kier molecular flexibility index (Phi) is 5.24. The number of alkyl halides is 3. The number of rotatable bonds is 4. The summed E-state index contributed by atoms with van der Waals surface area (Å²) in [5.41, 5.74) is -0.624. The fraction of sp³-hybridized carbons (Fsp3) is 0.444. The molecule has 2 heterocycles. The fourth-order valence-corrected chi connectivity index (χ4v) is 4.03. The molecule has 3 rings (SSSR count). The minimum absolute atomic E-state index is 0.148. The summed E-state index contributed by atoms with van der Waals surface area (Å²) in [4.78, 5) is 20.2. The number of benzene rings is 1. The molecule has 0 spiro atoms. The zero-order valence-electron chi connectivity index (χ0n) is 13.8. The van der Waals surface area contributed by atoms with E-state index in [1.807, 2.05) is 13.1 Å². The number of piperidine rings is 1. The molecular weight excluding hydrogens is 349 g/mol. The Hall–Kier alpha value is -1.73. The van der Waals surface area contributed by atoms with Crippen molar-refractivity contribution in [3.05, 3.63) is 51.5 Å². The highest BCUT2D eigenvalue weighted by atomic mass is 32.1. The van der Waals surface area contributed by atoms with Crippen molar-refractivity contribution < 1.29 is 18.0 Å². The van der Waals surface area contributed by atoms with Gasteiger partial charge in [0.05, 0.1) is 10.6 Å². The monoisotopic (exact) mass is 368 g/mol. The highest BCUT2D eigenvalue weighted by Gasteiger charge is 2.32. The van der Waals surface area contributed by atoms with Crippen molar-refractivity contribution >= 4 is 17.1 Å². The van der Waals surface area contributed by atoms with Crippen LogP contribution in [0.3, 0.4) is 0 Å². The van der Waals surface area contributed by atoms with Gasteiger partial charge >= 0.3 is 6.18 Å². The van der Waals surface area contributed by atoms with Crippen LogP contribution in [0.15, 0.2) is 30.5 Å². The van der Waals surface area contributed by atoms with Crippen LogP contribution in [0.2, 0.25) is 0 Å². The molecule has 1 aliphatic heterocycles. The summed E-state index contributed by atoms with van der Waals surface area (Å²) in [5, 5.41) is 1.00. The van der Waals surface area contributed by atoms with Gasteiger partial charge < -0.3 is 0 Å². The van der Waals surface area contributed by atoms with Crippen LogP contribution < -0.4 is 0 Å². The summed E-state index contributed by atoms with van der Waals surface area (Å²) < 4.78 is 38.6. The lowest BCUT2D eigenvalue weighted by Crippen LogP contribution is -2.38. The lowest BCUT2D eigenvalue weighted by atomic mass is 9.89. The fourth-order valence-electron chi connectivity index (χ4n) is 3.20. The molecular formula is C18H19F3N2OS. The third-order valence-electron chi connectivity index (χ3n) is 4.40. The highest BCUT2D eigenvalue weighted by molar-refractivity contribution is 7.11. The van der Waals surface area contributed by atoms with E-state index in [1.54, 1.807) is 11.3 Å². The molecule has 3 nitrogen and oxygen atoms in total. The third kappa shape index (κ3) is 4.46. The molecule has 0 saturated carbocycles. The van der Waals surface area contributed by atoms with Crippen molar-refractivity contribution in [3.8, 4) is 0 Å². The van der Waals surface area contributed by atoms with Gasteiger partial charge in [0.25, 0.3) is 0 Å². The average molecular weight is 368 g/mol. The van der Waals surface area contributed by atoms with Gasteiger partial charge in [0, 0.05) is 35.6 Å². The summed E-state index contributed by atoms with van der Waals surface area (Å²) in [5.74, 6) is -0.456. The molecule has 1 unspecified atom stereocenters. The highest BCUT2D eigenvalue weighted by Crippen LogP contribution is 2.31. The minimum atomic E-state index is -4.43. The molecule has 134 valence electrons. The number of Topliss-reactive ketones (excluding diaryl/α,β-unsaturated/α-hetero) is 1. The predicted octanol–water partition coefficient (Wildman–Crippen LogP) is 4.57. The molecule has 1 fully saturated rings. The van der Waals surface area contributed by atoms with Crippen molar-refractivity contribution in [2.75, 3.05) is 13.1 Å². The third-order valence-corrected chi connectivity index (χ3v) is 5.30. The number of halogens is 3. The second kappa shape index (κ2) is 7.25. The Morgan fingerprint density at radius 1 is 1.40 bits per heavy atom. The van der Waals surface area contributed by atoms with Crippen LogP contribution in [-0.2, 0) is 12.7 Å². The predicted molar refractivity (Wildman–Crippen MR) is 90.6 cm³/mol. The van der Waals surface area contributed by atoms with Gasteiger partial charge in [-0.3, -0.25) is 9.69 Å². The van der Waals surface area contributed by atoms with Crippen molar-refractivity contribution in [3.63, 3.8) is 0 Å². The van der Waals surface area contributed by atoms with Crippen LogP contribution in [0.5, 0.6) is 0 Å². The molecule has 25 heavy (non-hydrogen) atoms. The number of hydrogen-bond acceptors (Lipinski definition) is 4. The molecule has 1 aliphatic rings. The number of thiazole rings is 1. The molecule has 1 atom stereocenters. The molecule has 0 radical (unpaired) electrons. The molecule has 2 aromatic rings. The van der Waals surface area contributed by atoms with Crippen LogP contribution in [0.1, 0.15) is 38.6 Å². The zero-order chi connectivity index (χ0) is 18.0. The van der Waals surface area contributed by atoms with E-state index in [4.69, 9.17) is 0 Å². The normalized spacial score (nSPS) is 19.1. The second-order valence-corrected chi connectivity index (χ2v) is 7.68. The van der Waals surface area contributed by atoms with E-state index in [2.05, 4.69) is 9.88 Å². The number of aryl methyl sites for hydroxylation is 1. The number of hydrogen-bond donors (Lipinski definition) is 0. The van der Waals surface area contributed by atoms with Gasteiger partial charge in [0.15, 0.2) is 5.78 Å². The Balaban J connectivity index is 1.69. The van der Waals surface area contributed by atoms with Gasteiger partial charge in [-0.2, -0.15) is 13.2 Å². The summed E-state index contributed by atoms with van der Waals surface area (Å²) in [6, 6.07) is 4.74. The zero-order valence-corrected chi connectivity index (χ0v) is 14.7. The Morgan fingerprint density at radius 3 is 2.88 bits per heavy atom. The number of likely N-dealkylation sites (tertiary alicyclic amines) is 1. The smallest absolute Gasteiger partial charge is 0.297 e. The van der Waals surface area contributed by atoms with E-state index < -0.39 is 11.7 Å². The summed E-state index contributed by atoms with van der Waals surface area (Å²) in [6.07, 6.45) is -1.00. The van der Waals surface area contributed by atoms with Crippen molar-refractivity contribution in [2.24, 2.45) is 5.92 Å². The van der Waals surface area contributed by atoms with Gasteiger partial charge in [0.2, 0.25) is 0 Å². The Morgan fingerprint density at radius 2 is 2.20 bits per heavy atom. The first-order valence-electron chi connectivity index (χ1n) is 8.18. The SMILES string of the molecule is Cc1ncc(CN2CCCC(C(=O)c3cccc(C(F)(F)F)c3)C2)s1. The standard InChI is InChI=1S/C18H19F3N2OS/c1-12-22-9-16(25-12)11-23-7-3-5-14(10-23)17(24)13-4-2-6-15(8-13)18(19,20)21/h2,4,6,8-9,14H,3,5,7,10-11H2,1H3. The quantitative estimate of drug-likeness (QED) is 0.742. The maximum atomic E-state index is 12.9. The topological polar surface area (TPSA) is 33.2 Å². The lowest BCUT2D eigenvalue weighted by Gasteiger charge is -2.31. The molecule has 7 heteroatoms. The van der Waals surface area contributed by atoms with Crippen molar-refractivity contribution in [2.45, 2.75) is 32.5 Å². The maximum Gasteiger partial charge on any atom is 0.416 e. The lowest BCUT2D eigenvalue weighted by molar-refractivity contribution is -0.137. The van der Waals surface area contributed by atoms with E-state index in [1.165, 1.54) is 12.1 Å². The van der Waals surface area contributed by atoms with Crippen LogP contribution in [0.4, 0.5) is 13.2 Å². The van der Waals surface area contributed by atoms with E-state index in [0.29, 0.717) is 13.0 Å². The molecule has 0 N–H and O–H groups in total. The number of carbonyl (C=O) groups is 1. The summed E-state index contributed by atoms with van der Waals surface area (Å²) in [7, 11) is 0. The Labute approximate surface area is 148 Å². The van der Waals surface area contributed by atoms with Gasteiger partial charge in [-0.1, -0.05) is 12.1 Å². The van der Waals surface area contributed by atoms with Gasteiger partial charge in [-0.05, 0) is 38.4 Å². The summed E-state index contributed by atoms with van der Waals surface area (Å²) in [6.45, 7) is 4.15. The van der Waals surface area contributed by atoms with E-state index in [9.17, 15) is 18.0 Å². The minimum Gasteiger partial charge on any atom is -0.297 e.